The summed E-state index contributed by atoms with van der Waals surface area (Å²) in [4.78, 5) is 29.6. The number of oxazole rings is 1. The van der Waals surface area contributed by atoms with E-state index in [0.29, 0.717) is 36.7 Å². The number of benzene rings is 1. The van der Waals surface area contributed by atoms with E-state index in [4.69, 9.17) is 4.42 Å². The van der Waals surface area contributed by atoms with Crippen LogP contribution >= 0.6 is 11.3 Å². The molecule has 8 heteroatoms. The summed E-state index contributed by atoms with van der Waals surface area (Å²) in [6.07, 6.45) is 5.77. The van der Waals surface area contributed by atoms with Crippen LogP contribution in [-0.4, -0.2) is 38.8 Å². The van der Waals surface area contributed by atoms with E-state index in [1.165, 1.54) is 23.5 Å². The number of amides is 1. The maximum Gasteiger partial charge on any atom is 0.256 e. The molecule has 3 aromatic heterocycles. The molecule has 0 bridgehead atoms. The van der Waals surface area contributed by atoms with Crippen LogP contribution in [0.5, 0.6) is 0 Å². The average molecular weight is 463 g/mol. The number of piperidine rings is 1. The highest BCUT2D eigenvalue weighted by Crippen LogP contribution is 2.32. The molecule has 0 N–H and O–H groups in total. The standard InChI is InChI=1S/C25H23FN4O2S/c1-16-23(33-15-29-16)22-21(5-2-10-27-22)25(31)30-11-3-4-18(14-30)24-28-13-20(32-24)12-17-6-8-19(26)9-7-17/h2,5-10,13,15,18H,3-4,11-12,14H2,1H3/t18-/m0/s1. The van der Waals surface area contributed by atoms with Crippen molar-refractivity contribution in [3.05, 3.63) is 88.6 Å². The van der Waals surface area contributed by atoms with Crippen molar-refractivity contribution in [3.8, 4) is 10.6 Å². The van der Waals surface area contributed by atoms with Crippen molar-refractivity contribution < 1.29 is 13.6 Å². The smallest absolute Gasteiger partial charge is 0.256 e. The minimum absolute atomic E-state index is 0.0336. The van der Waals surface area contributed by atoms with Crippen molar-refractivity contribution in [1.82, 2.24) is 19.9 Å². The van der Waals surface area contributed by atoms with E-state index in [-0.39, 0.29) is 17.6 Å². The lowest BCUT2D eigenvalue weighted by Gasteiger charge is -2.31. The fourth-order valence-electron chi connectivity index (χ4n) is 4.22. The third kappa shape index (κ3) is 4.57. The van der Waals surface area contributed by atoms with Gasteiger partial charge in [0.05, 0.1) is 39.5 Å². The molecule has 1 fully saturated rings. The van der Waals surface area contributed by atoms with Gasteiger partial charge in [0.1, 0.15) is 11.6 Å². The minimum atomic E-state index is -0.258. The zero-order valence-electron chi connectivity index (χ0n) is 18.2. The number of pyridine rings is 1. The van der Waals surface area contributed by atoms with Crippen LogP contribution in [0.3, 0.4) is 0 Å². The molecule has 0 saturated carbocycles. The Bertz CT molecular complexity index is 1270. The number of likely N-dealkylation sites (tertiary alicyclic amines) is 1. The summed E-state index contributed by atoms with van der Waals surface area (Å²) in [5.41, 5.74) is 4.88. The van der Waals surface area contributed by atoms with Crippen LogP contribution in [-0.2, 0) is 6.42 Å². The topological polar surface area (TPSA) is 72.1 Å². The second kappa shape index (κ2) is 9.23. The second-order valence-electron chi connectivity index (χ2n) is 8.22. The van der Waals surface area contributed by atoms with Crippen LogP contribution < -0.4 is 0 Å². The number of thiazole rings is 1. The van der Waals surface area contributed by atoms with Gasteiger partial charge >= 0.3 is 0 Å². The van der Waals surface area contributed by atoms with E-state index in [0.717, 1.165) is 34.7 Å². The molecule has 1 saturated heterocycles. The van der Waals surface area contributed by atoms with Crippen LogP contribution in [0.4, 0.5) is 4.39 Å². The highest BCUT2D eigenvalue weighted by atomic mass is 32.1. The molecule has 0 unspecified atom stereocenters. The van der Waals surface area contributed by atoms with Crippen molar-refractivity contribution in [3.63, 3.8) is 0 Å². The monoisotopic (exact) mass is 462 g/mol. The quantitative estimate of drug-likeness (QED) is 0.405. The first-order valence-corrected chi connectivity index (χ1v) is 11.8. The van der Waals surface area contributed by atoms with Crippen LogP contribution in [0.25, 0.3) is 10.6 Å². The van der Waals surface area contributed by atoms with Gasteiger partial charge in [-0.1, -0.05) is 12.1 Å². The molecule has 1 aliphatic heterocycles. The summed E-state index contributed by atoms with van der Waals surface area (Å²) in [6.45, 7) is 3.16. The average Bonchev–Trinajstić information content (AvgIpc) is 3.49. The van der Waals surface area contributed by atoms with Gasteiger partial charge in [0.15, 0.2) is 5.89 Å². The number of aromatic nitrogens is 3. The first-order valence-electron chi connectivity index (χ1n) is 10.9. The molecular weight excluding hydrogens is 439 g/mol. The molecule has 4 heterocycles. The third-order valence-electron chi connectivity index (χ3n) is 5.92. The molecule has 4 aromatic rings. The molecular formula is C25H23FN4O2S. The number of aryl methyl sites for hydroxylation is 1. The summed E-state index contributed by atoms with van der Waals surface area (Å²) in [5, 5.41) is 0. The summed E-state index contributed by atoms with van der Waals surface area (Å²) in [7, 11) is 0. The van der Waals surface area contributed by atoms with E-state index in [9.17, 15) is 9.18 Å². The Balaban J connectivity index is 1.32. The molecule has 1 aliphatic rings. The second-order valence-corrected chi connectivity index (χ2v) is 9.08. The predicted octanol–water partition coefficient (Wildman–Crippen LogP) is 5.25. The summed E-state index contributed by atoms with van der Waals surface area (Å²) in [5.74, 6) is 1.12. The van der Waals surface area contributed by atoms with E-state index in [2.05, 4.69) is 15.0 Å². The molecule has 0 spiro atoms. The van der Waals surface area contributed by atoms with Gasteiger partial charge in [-0.3, -0.25) is 9.78 Å². The number of nitrogens with zero attached hydrogens (tertiary/aromatic N) is 4. The first-order chi connectivity index (χ1) is 16.1. The third-order valence-corrected chi connectivity index (χ3v) is 6.85. The van der Waals surface area contributed by atoms with Crippen molar-refractivity contribution in [1.29, 1.82) is 0 Å². The fourth-order valence-corrected chi connectivity index (χ4v) is 5.03. The Labute approximate surface area is 195 Å². The molecule has 1 atom stereocenters. The van der Waals surface area contributed by atoms with Gasteiger partial charge in [0.25, 0.3) is 5.91 Å². The van der Waals surface area contributed by atoms with E-state index < -0.39 is 0 Å². The van der Waals surface area contributed by atoms with Gasteiger partial charge < -0.3 is 9.32 Å². The van der Waals surface area contributed by atoms with E-state index in [1.807, 2.05) is 17.9 Å². The highest BCUT2D eigenvalue weighted by Gasteiger charge is 2.30. The van der Waals surface area contributed by atoms with Crippen LogP contribution in [0.15, 0.2) is 58.7 Å². The maximum atomic E-state index is 13.5. The SMILES string of the molecule is Cc1ncsc1-c1ncccc1C(=O)N1CCC[C@H](c2ncc(Cc3ccc(F)cc3)o2)C1. The number of carbonyl (C=O) groups excluding carboxylic acids is 1. The van der Waals surface area contributed by atoms with Crippen LogP contribution in [0.1, 0.15) is 52.0 Å². The lowest BCUT2D eigenvalue weighted by molar-refractivity contribution is 0.0698. The molecule has 33 heavy (non-hydrogen) atoms. The van der Waals surface area contributed by atoms with Crippen molar-refractivity contribution >= 4 is 17.2 Å². The highest BCUT2D eigenvalue weighted by molar-refractivity contribution is 7.13. The normalized spacial score (nSPS) is 16.2. The number of carbonyl (C=O) groups is 1. The minimum Gasteiger partial charge on any atom is -0.445 e. The molecule has 0 aliphatic carbocycles. The molecule has 168 valence electrons. The number of rotatable bonds is 5. The lowest BCUT2D eigenvalue weighted by Crippen LogP contribution is -2.39. The number of hydrogen-bond acceptors (Lipinski definition) is 6. The van der Waals surface area contributed by atoms with Crippen molar-refractivity contribution in [2.24, 2.45) is 0 Å². The van der Waals surface area contributed by atoms with Gasteiger partial charge in [0, 0.05) is 25.7 Å². The number of hydrogen-bond donors (Lipinski definition) is 0. The summed E-state index contributed by atoms with van der Waals surface area (Å²) in [6, 6.07) is 10.0. The lowest BCUT2D eigenvalue weighted by atomic mass is 9.97. The summed E-state index contributed by atoms with van der Waals surface area (Å²) >= 11 is 1.49. The first kappa shape index (κ1) is 21.5. The molecule has 1 aromatic carbocycles. The van der Waals surface area contributed by atoms with Crippen molar-refractivity contribution in [2.75, 3.05) is 13.1 Å². The Morgan fingerprint density at radius 2 is 2.06 bits per heavy atom. The zero-order chi connectivity index (χ0) is 22.8. The molecule has 6 nitrogen and oxygen atoms in total. The van der Waals surface area contributed by atoms with E-state index in [1.54, 1.807) is 36.1 Å². The van der Waals surface area contributed by atoms with Gasteiger partial charge in [-0.25, -0.2) is 14.4 Å². The maximum absolute atomic E-state index is 13.5. The van der Waals surface area contributed by atoms with Gasteiger partial charge in [0.2, 0.25) is 0 Å². The Hall–Kier alpha value is -3.39. The summed E-state index contributed by atoms with van der Waals surface area (Å²) < 4.78 is 19.2. The van der Waals surface area contributed by atoms with Crippen LogP contribution in [0.2, 0.25) is 0 Å². The molecule has 1 amide bonds. The van der Waals surface area contributed by atoms with Crippen LogP contribution in [0, 0.1) is 12.7 Å². The molecule has 5 rings (SSSR count). The Morgan fingerprint density at radius 1 is 1.21 bits per heavy atom. The number of halogens is 1. The zero-order valence-corrected chi connectivity index (χ0v) is 19.0. The van der Waals surface area contributed by atoms with Crippen molar-refractivity contribution in [2.45, 2.75) is 32.1 Å². The molecule has 0 radical (unpaired) electrons. The van der Waals surface area contributed by atoms with E-state index >= 15 is 0 Å². The fraction of sp³-hybridized carbons (Fsp3) is 0.280. The Kier molecular flexibility index (Phi) is 6.00. The van der Waals surface area contributed by atoms with Gasteiger partial charge in [-0.2, -0.15) is 0 Å². The largest absolute Gasteiger partial charge is 0.445 e. The van der Waals surface area contributed by atoms with Gasteiger partial charge in [-0.05, 0) is 49.6 Å². The Morgan fingerprint density at radius 3 is 2.85 bits per heavy atom. The predicted molar refractivity (Wildman–Crippen MR) is 124 cm³/mol. The van der Waals surface area contributed by atoms with Gasteiger partial charge in [-0.15, -0.1) is 11.3 Å².